The van der Waals surface area contributed by atoms with Crippen LogP contribution in [0.15, 0.2) is 35.3 Å². The number of carboxylic acids is 1. The maximum Gasteiger partial charge on any atom is 0.325 e. The number of nitrogens with zero attached hydrogens (tertiary/aromatic N) is 3. The number of benzene rings is 1. The van der Waals surface area contributed by atoms with E-state index in [-0.39, 0.29) is 12.2 Å². The smallest absolute Gasteiger partial charge is 0.325 e. The van der Waals surface area contributed by atoms with Gasteiger partial charge < -0.3 is 14.6 Å². The van der Waals surface area contributed by atoms with Crippen LogP contribution in [-0.4, -0.2) is 59.6 Å². The van der Waals surface area contributed by atoms with Gasteiger partial charge in [0.1, 0.15) is 11.9 Å². The first kappa shape index (κ1) is 25.9. The summed E-state index contributed by atoms with van der Waals surface area (Å²) < 4.78 is 26.3. The number of aryl methyl sites for hydroxylation is 2. The molecule has 3 aliphatic heterocycles. The van der Waals surface area contributed by atoms with Crippen molar-refractivity contribution in [3.8, 4) is 0 Å². The van der Waals surface area contributed by atoms with E-state index in [1.165, 1.54) is 17.7 Å². The SMILES string of the molecule is O=C(O)[C@H](c1cc(F)ccc1[C@@H]1CCCCO1)N1CC[C@@H](OCCCCc2ccc3c(n2)N=CCC3)C1. The molecular weight excluding hydrogens is 473 g/mol. The first-order valence-electron chi connectivity index (χ1n) is 13.6. The molecule has 198 valence electrons. The van der Waals surface area contributed by atoms with E-state index >= 15 is 0 Å². The van der Waals surface area contributed by atoms with Gasteiger partial charge in [0, 0.05) is 38.2 Å². The minimum Gasteiger partial charge on any atom is -0.480 e. The second-order valence-electron chi connectivity index (χ2n) is 10.2. The lowest BCUT2D eigenvalue weighted by Gasteiger charge is -2.30. The number of likely N-dealkylation sites (tertiary alicyclic amines) is 1. The van der Waals surface area contributed by atoms with Crippen LogP contribution in [-0.2, 0) is 27.1 Å². The Morgan fingerprint density at radius 3 is 2.97 bits per heavy atom. The number of pyridine rings is 1. The second kappa shape index (κ2) is 12.2. The van der Waals surface area contributed by atoms with Crippen LogP contribution < -0.4 is 0 Å². The number of unbranched alkanes of at least 4 members (excludes halogenated alkanes) is 1. The Balaban J connectivity index is 1.14. The number of carbonyl (C=O) groups is 1. The van der Waals surface area contributed by atoms with Gasteiger partial charge in [-0.05, 0) is 92.7 Å². The van der Waals surface area contributed by atoms with E-state index in [0.29, 0.717) is 31.9 Å². The molecule has 2 fully saturated rings. The molecule has 0 spiro atoms. The Labute approximate surface area is 217 Å². The van der Waals surface area contributed by atoms with Crippen molar-refractivity contribution < 1.29 is 23.8 Å². The molecule has 37 heavy (non-hydrogen) atoms. The van der Waals surface area contributed by atoms with Gasteiger partial charge in [0.2, 0.25) is 0 Å². The lowest BCUT2D eigenvalue weighted by atomic mass is 9.92. The molecule has 7 nitrogen and oxygen atoms in total. The number of hydrogen-bond acceptors (Lipinski definition) is 6. The summed E-state index contributed by atoms with van der Waals surface area (Å²) in [6, 6.07) is 7.80. The van der Waals surface area contributed by atoms with Gasteiger partial charge in [0.25, 0.3) is 0 Å². The third kappa shape index (κ3) is 6.43. The summed E-state index contributed by atoms with van der Waals surface area (Å²) in [6.45, 7) is 2.39. The average molecular weight is 510 g/mol. The van der Waals surface area contributed by atoms with Crippen LogP contribution in [0.3, 0.4) is 0 Å². The highest BCUT2D eigenvalue weighted by atomic mass is 19.1. The van der Waals surface area contributed by atoms with Crippen LogP contribution >= 0.6 is 0 Å². The van der Waals surface area contributed by atoms with Gasteiger partial charge in [0.05, 0.1) is 12.2 Å². The fraction of sp³-hybridized carbons (Fsp3) is 0.552. The molecule has 8 heteroatoms. The molecule has 0 saturated carbocycles. The number of ether oxygens (including phenoxy) is 2. The van der Waals surface area contributed by atoms with E-state index < -0.39 is 17.8 Å². The predicted octanol–water partition coefficient (Wildman–Crippen LogP) is 5.35. The quantitative estimate of drug-likeness (QED) is 0.435. The molecule has 1 N–H and O–H groups in total. The summed E-state index contributed by atoms with van der Waals surface area (Å²) in [5.41, 5.74) is 3.57. The summed E-state index contributed by atoms with van der Waals surface area (Å²) in [5.74, 6) is -0.534. The molecule has 0 radical (unpaired) electrons. The Hall–Kier alpha value is -2.68. The Morgan fingerprint density at radius 1 is 1.22 bits per heavy atom. The lowest BCUT2D eigenvalue weighted by molar-refractivity contribution is -0.143. The fourth-order valence-corrected chi connectivity index (χ4v) is 5.66. The van der Waals surface area contributed by atoms with Gasteiger partial charge in [0.15, 0.2) is 5.82 Å². The van der Waals surface area contributed by atoms with Crippen LogP contribution in [0.1, 0.15) is 79.5 Å². The van der Waals surface area contributed by atoms with Crippen molar-refractivity contribution in [1.82, 2.24) is 9.88 Å². The van der Waals surface area contributed by atoms with Gasteiger partial charge in [-0.15, -0.1) is 0 Å². The maximum absolute atomic E-state index is 14.3. The van der Waals surface area contributed by atoms with Crippen LogP contribution in [0, 0.1) is 5.82 Å². The van der Waals surface area contributed by atoms with E-state index in [1.807, 2.05) is 11.1 Å². The normalized spacial score (nSPS) is 22.6. The van der Waals surface area contributed by atoms with Gasteiger partial charge in [-0.25, -0.2) is 14.4 Å². The molecule has 0 amide bonds. The number of halogens is 1. The molecule has 1 aromatic heterocycles. The molecule has 2 saturated heterocycles. The number of aliphatic imine (C=N–C) groups is 1. The summed E-state index contributed by atoms with van der Waals surface area (Å²) in [4.78, 5) is 23.4. The minimum atomic E-state index is -0.967. The highest BCUT2D eigenvalue weighted by Crippen LogP contribution is 2.36. The molecule has 3 aliphatic rings. The standard InChI is InChI=1S/C29H36FN3O4/c30-21-10-12-24(26-8-2-4-17-37-26)25(18-21)27(29(34)35)33-15-13-23(19-33)36-16-3-1-7-22-11-9-20-6-5-14-31-28(20)32-22/h9-12,14,18,23,26-27H,1-8,13,15-17,19H2,(H,34,35)/t23-,26+,27+/m1/s1. The fourth-order valence-electron chi connectivity index (χ4n) is 5.66. The Morgan fingerprint density at radius 2 is 2.14 bits per heavy atom. The van der Waals surface area contributed by atoms with Crippen molar-refractivity contribution in [2.75, 3.05) is 26.3 Å². The molecule has 0 unspecified atom stereocenters. The maximum atomic E-state index is 14.3. The summed E-state index contributed by atoms with van der Waals surface area (Å²) in [5, 5.41) is 10.2. The predicted molar refractivity (Wildman–Crippen MR) is 139 cm³/mol. The molecule has 0 aliphatic carbocycles. The largest absolute Gasteiger partial charge is 0.480 e. The number of hydrogen-bond donors (Lipinski definition) is 1. The lowest BCUT2D eigenvalue weighted by Crippen LogP contribution is -2.34. The van der Waals surface area contributed by atoms with Gasteiger partial charge in [-0.1, -0.05) is 12.1 Å². The molecule has 3 atom stereocenters. The average Bonchev–Trinajstić information content (AvgIpc) is 3.37. The number of rotatable bonds is 10. The Bertz CT molecular complexity index is 1120. The second-order valence-corrected chi connectivity index (χ2v) is 10.2. The summed E-state index contributed by atoms with van der Waals surface area (Å²) in [7, 11) is 0. The number of aromatic nitrogens is 1. The first-order valence-corrected chi connectivity index (χ1v) is 13.6. The van der Waals surface area contributed by atoms with Crippen LogP contribution in [0.4, 0.5) is 10.2 Å². The summed E-state index contributed by atoms with van der Waals surface area (Å²) in [6.07, 6.45) is 10.1. The number of carboxylic acid groups (broad SMARTS) is 1. The molecule has 5 rings (SSSR count). The third-order valence-corrected chi connectivity index (χ3v) is 7.60. The topological polar surface area (TPSA) is 84.2 Å². The molecular formula is C29H36FN3O4. The van der Waals surface area contributed by atoms with Crippen LogP contribution in [0.2, 0.25) is 0 Å². The van der Waals surface area contributed by atoms with E-state index in [9.17, 15) is 14.3 Å². The van der Waals surface area contributed by atoms with Crippen molar-refractivity contribution in [3.05, 3.63) is 58.5 Å². The van der Waals surface area contributed by atoms with Crippen molar-refractivity contribution in [2.24, 2.45) is 4.99 Å². The zero-order chi connectivity index (χ0) is 25.6. The zero-order valence-electron chi connectivity index (χ0n) is 21.3. The molecule has 0 bridgehead atoms. The van der Waals surface area contributed by atoms with Crippen molar-refractivity contribution in [3.63, 3.8) is 0 Å². The molecule has 2 aromatic rings. The minimum absolute atomic E-state index is 0.0269. The highest BCUT2D eigenvalue weighted by Gasteiger charge is 2.36. The van der Waals surface area contributed by atoms with E-state index in [4.69, 9.17) is 9.47 Å². The van der Waals surface area contributed by atoms with Crippen molar-refractivity contribution >= 4 is 18.0 Å². The van der Waals surface area contributed by atoms with Crippen LogP contribution in [0.5, 0.6) is 0 Å². The molecule has 1 aromatic carbocycles. The van der Waals surface area contributed by atoms with Crippen molar-refractivity contribution in [1.29, 1.82) is 0 Å². The van der Waals surface area contributed by atoms with Crippen molar-refractivity contribution in [2.45, 2.75) is 76.0 Å². The Kier molecular flexibility index (Phi) is 8.59. The van der Waals surface area contributed by atoms with E-state index in [2.05, 4.69) is 22.1 Å². The third-order valence-electron chi connectivity index (χ3n) is 7.60. The highest BCUT2D eigenvalue weighted by molar-refractivity contribution is 5.76. The van der Waals surface area contributed by atoms with Gasteiger partial charge >= 0.3 is 5.97 Å². The van der Waals surface area contributed by atoms with E-state index in [0.717, 1.165) is 74.9 Å². The first-order chi connectivity index (χ1) is 18.1. The summed E-state index contributed by atoms with van der Waals surface area (Å²) >= 11 is 0. The van der Waals surface area contributed by atoms with Gasteiger partial charge in [-0.2, -0.15) is 0 Å². The number of fused-ring (bicyclic) bond motifs is 1. The van der Waals surface area contributed by atoms with Gasteiger partial charge in [-0.3, -0.25) is 9.69 Å². The molecule has 4 heterocycles. The van der Waals surface area contributed by atoms with E-state index in [1.54, 1.807) is 6.07 Å². The number of aliphatic carboxylic acids is 1. The zero-order valence-corrected chi connectivity index (χ0v) is 21.3. The van der Waals surface area contributed by atoms with Crippen LogP contribution in [0.25, 0.3) is 0 Å². The monoisotopic (exact) mass is 509 g/mol.